The first-order valence-electron chi connectivity index (χ1n) is 6.07. The van der Waals surface area contributed by atoms with Gasteiger partial charge in [0.05, 0.1) is 17.1 Å². The summed E-state index contributed by atoms with van der Waals surface area (Å²) in [5.74, 6) is -0.180. The fourth-order valence-electron chi connectivity index (χ4n) is 2.10. The van der Waals surface area contributed by atoms with Gasteiger partial charge >= 0.3 is 0 Å². The van der Waals surface area contributed by atoms with Gasteiger partial charge in [0.25, 0.3) is 5.69 Å². The van der Waals surface area contributed by atoms with Crippen LogP contribution in [-0.2, 0) is 0 Å². The SMILES string of the molecule is O=c1cc(-c2ccccc2)oc2cc([N+](=O)[O-])cc(O)c12. The zero-order chi connectivity index (χ0) is 15.0. The number of phenols is 1. The van der Waals surface area contributed by atoms with Gasteiger partial charge in [0.2, 0.25) is 0 Å². The highest BCUT2D eigenvalue weighted by Crippen LogP contribution is 2.30. The Balaban J connectivity index is 2.33. The minimum absolute atomic E-state index is 0.0203. The molecule has 0 amide bonds. The van der Waals surface area contributed by atoms with Crippen LogP contribution in [0.15, 0.2) is 57.7 Å². The highest BCUT2D eigenvalue weighted by Gasteiger charge is 2.16. The molecule has 0 spiro atoms. The van der Waals surface area contributed by atoms with E-state index in [2.05, 4.69) is 0 Å². The van der Waals surface area contributed by atoms with Crippen molar-refractivity contribution < 1.29 is 14.4 Å². The predicted molar refractivity (Wildman–Crippen MR) is 76.2 cm³/mol. The Bertz CT molecular complexity index is 899. The van der Waals surface area contributed by atoms with Gasteiger partial charge in [-0.15, -0.1) is 0 Å². The van der Waals surface area contributed by atoms with Crippen molar-refractivity contribution in [2.24, 2.45) is 0 Å². The van der Waals surface area contributed by atoms with Gasteiger partial charge in [-0.1, -0.05) is 30.3 Å². The smallest absolute Gasteiger partial charge is 0.276 e. The van der Waals surface area contributed by atoms with E-state index in [4.69, 9.17) is 4.42 Å². The second kappa shape index (κ2) is 4.75. The number of nitro groups is 1. The maximum atomic E-state index is 12.1. The van der Waals surface area contributed by atoms with Gasteiger partial charge in [0, 0.05) is 11.6 Å². The normalized spacial score (nSPS) is 10.7. The molecule has 6 nitrogen and oxygen atoms in total. The van der Waals surface area contributed by atoms with E-state index in [1.807, 2.05) is 6.07 Å². The molecule has 2 aromatic carbocycles. The van der Waals surface area contributed by atoms with Crippen molar-refractivity contribution >= 4 is 16.7 Å². The molecule has 0 aliphatic rings. The van der Waals surface area contributed by atoms with Gasteiger partial charge in [-0.2, -0.15) is 0 Å². The molecule has 0 atom stereocenters. The van der Waals surface area contributed by atoms with Crippen LogP contribution in [0.2, 0.25) is 0 Å². The van der Waals surface area contributed by atoms with Gasteiger partial charge in [-0.25, -0.2) is 0 Å². The second-order valence-electron chi connectivity index (χ2n) is 4.44. The first-order chi connectivity index (χ1) is 10.1. The zero-order valence-electron chi connectivity index (χ0n) is 10.6. The average Bonchev–Trinajstić information content (AvgIpc) is 2.47. The molecule has 1 N–H and O–H groups in total. The lowest BCUT2D eigenvalue weighted by molar-refractivity contribution is -0.384. The molecule has 0 aliphatic heterocycles. The highest BCUT2D eigenvalue weighted by atomic mass is 16.6. The number of hydrogen-bond donors (Lipinski definition) is 1. The molecule has 0 radical (unpaired) electrons. The lowest BCUT2D eigenvalue weighted by Crippen LogP contribution is -2.01. The molecule has 104 valence electrons. The summed E-state index contributed by atoms with van der Waals surface area (Å²) in [5.41, 5.74) is -0.147. The quantitative estimate of drug-likeness (QED) is 0.576. The summed E-state index contributed by atoms with van der Waals surface area (Å²) < 4.78 is 5.54. The van der Waals surface area contributed by atoms with E-state index in [0.29, 0.717) is 5.56 Å². The number of rotatable bonds is 2. The van der Waals surface area contributed by atoms with Crippen molar-refractivity contribution in [2.45, 2.75) is 0 Å². The van der Waals surface area contributed by atoms with Crippen LogP contribution in [0.5, 0.6) is 5.75 Å². The number of non-ortho nitro benzene ring substituents is 1. The molecule has 21 heavy (non-hydrogen) atoms. The third-order valence-corrected chi connectivity index (χ3v) is 3.06. The Morgan fingerprint density at radius 1 is 1.10 bits per heavy atom. The Morgan fingerprint density at radius 2 is 1.81 bits per heavy atom. The number of fused-ring (bicyclic) bond motifs is 1. The van der Waals surface area contributed by atoms with Crippen LogP contribution in [0.25, 0.3) is 22.3 Å². The number of nitro benzene ring substituents is 1. The summed E-state index contributed by atoms with van der Waals surface area (Å²) >= 11 is 0. The molecule has 0 saturated heterocycles. The summed E-state index contributed by atoms with van der Waals surface area (Å²) in [6, 6.07) is 12.2. The fourth-order valence-corrected chi connectivity index (χ4v) is 2.10. The predicted octanol–water partition coefficient (Wildman–Crippen LogP) is 3.07. The summed E-state index contributed by atoms with van der Waals surface area (Å²) in [6.45, 7) is 0. The molecule has 0 bridgehead atoms. The second-order valence-corrected chi connectivity index (χ2v) is 4.44. The topological polar surface area (TPSA) is 93.6 Å². The van der Waals surface area contributed by atoms with Crippen LogP contribution in [0.3, 0.4) is 0 Å². The van der Waals surface area contributed by atoms with Gasteiger partial charge in [-0.3, -0.25) is 14.9 Å². The van der Waals surface area contributed by atoms with Crippen LogP contribution in [0.4, 0.5) is 5.69 Å². The van der Waals surface area contributed by atoms with Crippen LogP contribution >= 0.6 is 0 Å². The maximum Gasteiger partial charge on any atom is 0.276 e. The van der Waals surface area contributed by atoms with Crippen LogP contribution in [0.1, 0.15) is 0 Å². The van der Waals surface area contributed by atoms with Crippen LogP contribution in [-0.4, -0.2) is 10.0 Å². The largest absolute Gasteiger partial charge is 0.507 e. The fraction of sp³-hybridized carbons (Fsp3) is 0. The summed E-state index contributed by atoms with van der Waals surface area (Å²) in [6.07, 6.45) is 0. The van der Waals surface area contributed by atoms with Gasteiger partial charge < -0.3 is 9.52 Å². The van der Waals surface area contributed by atoms with E-state index < -0.39 is 16.1 Å². The van der Waals surface area contributed by atoms with Crippen molar-refractivity contribution in [3.8, 4) is 17.1 Å². The first kappa shape index (κ1) is 12.9. The molecule has 6 heteroatoms. The molecule has 1 heterocycles. The minimum atomic E-state index is -0.658. The number of hydrogen-bond acceptors (Lipinski definition) is 5. The van der Waals surface area contributed by atoms with Crippen molar-refractivity contribution in [1.29, 1.82) is 0 Å². The molecular weight excluding hydrogens is 274 g/mol. The lowest BCUT2D eigenvalue weighted by atomic mass is 10.1. The third-order valence-electron chi connectivity index (χ3n) is 3.06. The molecule has 0 saturated carbocycles. The Hall–Kier alpha value is -3.15. The van der Waals surface area contributed by atoms with E-state index in [-0.39, 0.29) is 22.4 Å². The zero-order valence-corrected chi connectivity index (χ0v) is 10.6. The Morgan fingerprint density at radius 3 is 2.48 bits per heavy atom. The maximum absolute atomic E-state index is 12.1. The molecule has 3 aromatic rings. The minimum Gasteiger partial charge on any atom is -0.507 e. The molecule has 0 fully saturated rings. The van der Waals surface area contributed by atoms with Crippen LogP contribution < -0.4 is 5.43 Å². The van der Waals surface area contributed by atoms with Crippen LogP contribution in [0, 0.1) is 10.1 Å². The Labute approximate surface area is 118 Å². The number of aromatic hydroxyl groups is 1. The molecule has 3 rings (SSSR count). The number of benzene rings is 2. The van der Waals surface area contributed by atoms with E-state index in [1.165, 1.54) is 6.07 Å². The third kappa shape index (κ3) is 2.23. The molecular formula is C15H9NO5. The molecule has 0 aliphatic carbocycles. The summed E-state index contributed by atoms with van der Waals surface area (Å²) in [7, 11) is 0. The first-order valence-corrected chi connectivity index (χ1v) is 6.07. The van der Waals surface area contributed by atoms with Crippen molar-refractivity contribution in [2.75, 3.05) is 0 Å². The lowest BCUT2D eigenvalue weighted by Gasteiger charge is -2.04. The van der Waals surface area contributed by atoms with E-state index in [9.17, 15) is 20.0 Å². The highest BCUT2D eigenvalue weighted by molar-refractivity contribution is 5.86. The summed E-state index contributed by atoms with van der Waals surface area (Å²) in [4.78, 5) is 22.2. The van der Waals surface area contributed by atoms with Crippen molar-refractivity contribution in [1.82, 2.24) is 0 Å². The van der Waals surface area contributed by atoms with E-state index in [0.717, 1.165) is 12.1 Å². The summed E-state index contributed by atoms with van der Waals surface area (Å²) in [5, 5.41) is 20.5. The van der Waals surface area contributed by atoms with E-state index >= 15 is 0 Å². The Kier molecular flexibility index (Phi) is 2.91. The van der Waals surface area contributed by atoms with Gasteiger partial charge in [0.1, 0.15) is 22.5 Å². The van der Waals surface area contributed by atoms with Crippen molar-refractivity contribution in [3.63, 3.8) is 0 Å². The van der Waals surface area contributed by atoms with Gasteiger partial charge in [-0.05, 0) is 0 Å². The molecule has 1 aromatic heterocycles. The van der Waals surface area contributed by atoms with Gasteiger partial charge in [0.15, 0.2) is 5.43 Å². The number of nitrogens with zero attached hydrogens (tertiary/aromatic N) is 1. The molecule has 0 unspecified atom stereocenters. The van der Waals surface area contributed by atoms with Crippen molar-refractivity contribution in [3.05, 3.63) is 68.9 Å². The average molecular weight is 283 g/mol. The monoisotopic (exact) mass is 283 g/mol. The standard InChI is InChI=1S/C15H9NO5/c17-11-6-10(16(19)20)7-14-15(11)12(18)8-13(21-14)9-4-2-1-3-5-9/h1-8,17H. The van der Waals surface area contributed by atoms with E-state index in [1.54, 1.807) is 24.3 Å². The number of phenolic OH excluding ortho intramolecular Hbond substituents is 1.